The van der Waals surface area contributed by atoms with Crippen LogP contribution in [0.15, 0.2) is 58.8 Å². The van der Waals surface area contributed by atoms with Crippen LogP contribution in [0.4, 0.5) is 5.13 Å². The van der Waals surface area contributed by atoms with Crippen LogP contribution in [0.2, 0.25) is 0 Å². The van der Waals surface area contributed by atoms with Crippen LogP contribution in [0.5, 0.6) is 11.5 Å². The molecule has 35 heavy (non-hydrogen) atoms. The Morgan fingerprint density at radius 1 is 1.06 bits per heavy atom. The highest BCUT2D eigenvalue weighted by Crippen LogP contribution is 2.30. The predicted octanol–water partition coefficient (Wildman–Crippen LogP) is 4.65. The summed E-state index contributed by atoms with van der Waals surface area (Å²) < 4.78 is 38.3. The van der Waals surface area contributed by atoms with Crippen molar-refractivity contribution in [3.05, 3.63) is 59.5 Å². The third-order valence-corrected chi connectivity index (χ3v) is 8.35. The molecule has 2 heterocycles. The molecule has 1 aromatic heterocycles. The Labute approximate surface area is 209 Å². The highest BCUT2D eigenvalue weighted by atomic mass is 32.2. The van der Waals surface area contributed by atoms with Crippen LogP contribution in [0.1, 0.15) is 24.8 Å². The first-order chi connectivity index (χ1) is 16.9. The number of benzene rings is 2. The van der Waals surface area contributed by atoms with Gasteiger partial charge < -0.3 is 9.47 Å². The Hall–Kier alpha value is -3.21. The first-order valence-corrected chi connectivity index (χ1v) is 13.5. The first-order valence-electron chi connectivity index (χ1n) is 11.2. The number of carbonyl (C=O) groups is 1. The number of carbonyl (C=O) groups excluding carboxylic acids is 1. The van der Waals surface area contributed by atoms with Crippen LogP contribution < -0.4 is 14.8 Å². The molecule has 3 aromatic rings. The fraction of sp³-hybridized carbons (Fsp3) is 0.280. The molecule has 0 bridgehead atoms. The van der Waals surface area contributed by atoms with E-state index in [1.54, 1.807) is 25.3 Å². The van der Waals surface area contributed by atoms with Crippen LogP contribution in [0, 0.1) is 0 Å². The molecule has 8 nitrogen and oxygen atoms in total. The molecule has 0 atom stereocenters. The molecular weight excluding hydrogens is 486 g/mol. The summed E-state index contributed by atoms with van der Waals surface area (Å²) in [4.78, 5) is 17.0. The monoisotopic (exact) mass is 513 g/mol. The Morgan fingerprint density at radius 2 is 1.80 bits per heavy atom. The van der Waals surface area contributed by atoms with E-state index in [0.717, 1.165) is 36.3 Å². The molecule has 4 rings (SSSR count). The molecule has 184 valence electrons. The topological polar surface area (TPSA) is 97.8 Å². The van der Waals surface area contributed by atoms with Gasteiger partial charge in [0.25, 0.3) is 0 Å². The number of methoxy groups -OCH3 is 2. The van der Waals surface area contributed by atoms with Gasteiger partial charge in [0.15, 0.2) is 5.13 Å². The van der Waals surface area contributed by atoms with E-state index in [0.29, 0.717) is 23.8 Å². The van der Waals surface area contributed by atoms with Crippen molar-refractivity contribution in [3.63, 3.8) is 0 Å². The maximum atomic E-state index is 13.2. The van der Waals surface area contributed by atoms with Crippen LogP contribution in [0.3, 0.4) is 0 Å². The molecule has 1 aliphatic rings. The number of nitrogens with zero attached hydrogens (tertiary/aromatic N) is 2. The highest BCUT2D eigenvalue weighted by molar-refractivity contribution is 7.89. The Morgan fingerprint density at radius 3 is 2.49 bits per heavy atom. The summed E-state index contributed by atoms with van der Waals surface area (Å²) in [5, 5.41) is 5.08. The molecular formula is C25H27N3O5S2. The molecule has 0 aliphatic carbocycles. The van der Waals surface area contributed by atoms with Crippen molar-refractivity contribution >= 4 is 38.5 Å². The van der Waals surface area contributed by atoms with Gasteiger partial charge in [-0.25, -0.2) is 13.4 Å². The molecule has 1 fully saturated rings. The molecule has 0 spiro atoms. The van der Waals surface area contributed by atoms with Crippen LogP contribution in [-0.2, 0) is 14.8 Å². The van der Waals surface area contributed by atoms with Crippen LogP contribution in [-0.4, -0.2) is 50.9 Å². The van der Waals surface area contributed by atoms with Crippen molar-refractivity contribution in [2.45, 2.75) is 24.2 Å². The zero-order valence-corrected chi connectivity index (χ0v) is 21.2. The van der Waals surface area contributed by atoms with Crippen molar-refractivity contribution in [2.24, 2.45) is 0 Å². The van der Waals surface area contributed by atoms with Crippen molar-refractivity contribution in [1.82, 2.24) is 9.29 Å². The average Bonchev–Trinajstić information content (AvgIpc) is 3.36. The van der Waals surface area contributed by atoms with Crippen molar-refractivity contribution in [2.75, 3.05) is 32.6 Å². The van der Waals surface area contributed by atoms with E-state index in [4.69, 9.17) is 9.47 Å². The molecule has 1 aliphatic heterocycles. The standard InChI is InChI=1S/C25H27N3O5S2/c1-32-20-10-8-19(9-11-20)21-17-34-25(26-21)27-24(29)13-7-18-6-12-22(33-2)23(16-18)35(30,31)28-14-4-3-5-15-28/h6-13,16-17H,3-5,14-15H2,1-2H3,(H,26,27,29). The van der Waals surface area contributed by atoms with Gasteiger partial charge in [-0.05, 0) is 60.9 Å². The van der Waals surface area contributed by atoms with Crippen LogP contribution >= 0.6 is 11.3 Å². The second-order valence-electron chi connectivity index (χ2n) is 7.96. The second-order valence-corrected chi connectivity index (χ2v) is 10.7. The highest BCUT2D eigenvalue weighted by Gasteiger charge is 2.29. The number of anilines is 1. The van der Waals surface area contributed by atoms with Crippen molar-refractivity contribution in [3.8, 4) is 22.8 Å². The van der Waals surface area contributed by atoms with Gasteiger partial charge >= 0.3 is 0 Å². The fourth-order valence-electron chi connectivity index (χ4n) is 3.79. The van der Waals surface area contributed by atoms with Crippen LogP contribution in [0.25, 0.3) is 17.3 Å². The Balaban J connectivity index is 1.46. The quantitative estimate of drug-likeness (QED) is 0.440. The SMILES string of the molecule is COc1ccc(-c2csc(NC(=O)C=Cc3ccc(OC)c(S(=O)(=O)N4CCCCC4)c3)n2)cc1. The van der Waals surface area contributed by atoms with Gasteiger partial charge in [0.1, 0.15) is 16.4 Å². The van der Waals surface area contributed by atoms with E-state index in [2.05, 4.69) is 10.3 Å². The molecule has 0 radical (unpaired) electrons. The summed E-state index contributed by atoms with van der Waals surface area (Å²) in [7, 11) is -0.628. The van der Waals surface area contributed by atoms with Gasteiger partial charge in [0, 0.05) is 30.1 Å². The molecule has 0 saturated carbocycles. The van der Waals surface area contributed by atoms with Gasteiger partial charge in [-0.2, -0.15) is 4.31 Å². The largest absolute Gasteiger partial charge is 0.497 e. The minimum atomic E-state index is -3.68. The number of aromatic nitrogens is 1. The maximum absolute atomic E-state index is 13.2. The van der Waals surface area contributed by atoms with Gasteiger partial charge in [-0.3, -0.25) is 10.1 Å². The number of thiazole rings is 1. The third kappa shape index (κ3) is 5.90. The Kier molecular flexibility index (Phi) is 7.84. The summed E-state index contributed by atoms with van der Waals surface area (Å²) in [6, 6.07) is 12.4. The van der Waals surface area contributed by atoms with Gasteiger partial charge in [-0.15, -0.1) is 11.3 Å². The van der Waals surface area contributed by atoms with Gasteiger partial charge in [-0.1, -0.05) is 12.5 Å². The van der Waals surface area contributed by atoms with Gasteiger partial charge in [0.2, 0.25) is 15.9 Å². The fourth-order valence-corrected chi connectivity index (χ4v) is 6.22. The van der Waals surface area contributed by atoms with E-state index in [1.807, 2.05) is 29.6 Å². The molecule has 2 aromatic carbocycles. The summed E-state index contributed by atoms with van der Waals surface area (Å²) in [5.74, 6) is 0.677. The van der Waals surface area contributed by atoms with E-state index in [9.17, 15) is 13.2 Å². The number of nitrogens with one attached hydrogen (secondary N) is 1. The van der Waals surface area contributed by atoms with E-state index in [-0.39, 0.29) is 16.6 Å². The summed E-state index contributed by atoms with van der Waals surface area (Å²) in [5.41, 5.74) is 2.24. The lowest BCUT2D eigenvalue weighted by atomic mass is 10.2. The minimum Gasteiger partial charge on any atom is -0.497 e. The number of hydrogen-bond donors (Lipinski definition) is 1. The number of amides is 1. The molecule has 1 N–H and O–H groups in total. The zero-order chi connectivity index (χ0) is 24.8. The average molecular weight is 514 g/mol. The molecule has 1 saturated heterocycles. The number of rotatable bonds is 8. The predicted molar refractivity (Wildman–Crippen MR) is 137 cm³/mol. The summed E-state index contributed by atoms with van der Waals surface area (Å²) in [6.45, 7) is 1.00. The first kappa shape index (κ1) is 24.9. The molecule has 10 heteroatoms. The van der Waals surface area contributed by atoms with E-state index >= 15 is 0 Å². The van der Waals surface area contributed by atoms with Gasteiger partial charge in [0.05, 0.1) is 19.9 Å². The van der Waals surface area contributed by atoms with E-state index < -0.39 is 10.0 Å². The normalized spacial score (nSPS) is 14.7. The zero-order valence-electron chi connectivity index (χ0n) is 19.6. The van der Waals surface area contributed by atoms with E-state index in [1.165, 1.54) is 34.9 Å². The Bertz CT molecular complexity index is 1310. The number of piperidine rings is 1. The minimum absolute atomic E-state index is 0.105. The van der Waals surface area contributed by atoms with Crippen molar-refractivity contribution in [1.29, 1.82) is 0 Å². The lowest BCUT2D eigenvalue weighted by Crippen LogP contribution is -2.35. The smallest absolute Gasteiger partial charge is 0.250 e. The second kappa shape index (κ2) is 11.0. The van der Waals surface area contributed by atoms with Crippen molar-refractivity contribution < 1.29 is 22.7 Å². The molecule has 1 amide bonds. The number of sulfonamides is 1. The summed E-state index contributed by atoms with van der Waals surface area (Å²) in [6.07, 6.45) is 5.65. The third-order valence-electron chi connectivity index (χ3n) is 5.67. The number of ether oxygens (including phenoxy) is 2. The maximum Gasteiger partial charge on any atom is 0.250 e. The summed E-state index contributed by atoms with van der Waals surface area (Å²) >= 11 is 1.32. The lowest BCUT2D eigenvalue weighted by molar-refractivity contribution is -0.111. The number of hydrogen-bond acceptors (Lipinski definition) is 7. The molecule has 0 unspecified atom stereocenters. The lowest BCUT2D eigenvalue weighted by Gasteiger charge is -2.26.